The van der Waals surface area contributed by atoms with Gasteiger partial charge < -0.3 is 4.74 Å². The summed E-state index contributed by atoms with van der Waals surface area (Å²) in [4.78, 5) is 15.1. The molecule has 0 aliphatic heterocycles. The first kappa shape index (κ1) is 22.2. The van der Waals surface area contributed by atoms with Gasteiger partial charge in [-0.15, -0.1) is 11.3 Å². The summed E-state index contributed by atoms with van der Waals surface area (Å²) in [6.45, 7) is 0.373. The Morgan fingerprint density at radius 1 is 1.00 bits per heavy atom. The highest BCUT2D eigenvalue weighted by molar-refractivity contribution is 9.10. The van der Waals surface area contributed by atoms with Gasteiger partial charge in [0, 0.05) is 20.5 Å². The molecule has 2 aromatic carbocycles. The number of thiophene rings is 1. The Bertz CT molecular complexity index is 1260. The van der Waals surface area contributed by atoms with Crippen LogP contribution in [-0.2, 0) is 6.61 Å². The second kappa shape index (κ2) is 9.26. The van der Waals surface area contributed by atoms with Crippen LogP contribution in [0.4, 0.5) is 13.2 Å². The van der Waals surface area contributed by atoms with Crippen molar-refractivity contribution in [2.45, 2.75) is 12.8 Å². The minimum Gasteiger partial charge on any atom is -0.488 e. The van der Waals surface area contributed by atoms with Crippen molar-refractivity contribution in [3.8, 4) is 27.3 Å². The second-order valence-corrected chi connectivity index (χ2v) is 8.75. The predicted molar refractivity (Wildman–Crippen MR) is 121 cm³/mol. The fourth-order valence-electron chi connectivity index (χ4n) is 3.22. The third-order valence-corrected chi connectivity index (χ3v) is 6.16. The zero-order valence-corrected chi connectivity index (χ0v) is 18.9. The number of H-pyrrole nitrogens is 1. The standard InChI is InChI=1S/C24H15BrF3NO2S/c25-18-6-7-21(31-14-15-4-2-1-3-5-15)20(11-18)19-8-9-32-22(19)16-10-17(13-29-12-16)23(30)24(26,27)28/h1-13H,14H2/p+1. The third-order valence-electron chi connectivity index (χ3n) is 4.70. The molecular formula is C24H16BrF3NO2S+. The van der Waals surface area contributed by atoms with E-state index in [4.69, 9.17) is 4.74 Å². The number of benzene rings is 2. The quantitative estimate of drug-likeness (QED) is 0.258. The topological polar surface area (TPSA) is 40.4 Å². The van der Waals surface area contributed by atoms with Gasteiger partial charge in [-0.2, -0.15) is 13.2 Å². The number of ketones is 1. The molecule has 32 heavy (non-hydrogen) atoms. The van der Waals surface area contributed by atoms with Gasteiger partial charge in [-0.25, -0.2) is 4.98 Å². The van der Waals surface area contributed by atoms with E-state index < -0.39 is 17.5 Å². The van der Waals surface area contributed by atoms with E-state index in [0.29, 0.717) is 17.9 Å². The number of alkyl halides is 3. The van der Waals surface area contributed by atoms with Gasteiger partial charge in [-0.1, -0.05) is 46.3 Å². The summed E-state index contributed by atoms with van der Waals surface area (Å²) in [6, 6.07) is 18.5. The molecule has 0 aliphatic carbocycles. The summed E-state index contributed by atoms with van der Waals surface area (Å²) < 4.78 is 45.6. The van der Waals surface area contributed by atoms with Crippen LogP contribution in [0.3, 0.4) is 0 Å². The SMILES string of the molecule is O=C(c1c[nH+]cc(-c2sccc2-c2cc(Br)ccc2OCc2ccccc2)c1)C(F)(F)F. The molecule has 1 N–H and O–H groups in total. The number of rotatable bonds is 6. The fourth-order valence-corrected chi connectivity index (χ4v) is 4.48. The van der Waals surface area contributed by atoms with E-state index in [0.717, 1.165) is 32.2 Å². The highest BCUT2D eigenvalue weighted by Crippen LogP contribution is 2.42. The van der Waals surface area contributed by atoms with Crippen LogP contribution >= 0.6 is 27.3 Å². The Hall–Kier alpha value is -2.97. The van der Waals surface area contributed by atoms with Gasteiger partial charge in [0.25, 0.3) is 5.78 Å². The summed E-state index contributed by atoms with van der Waals surface area (Å²) in [5.74, 6) is -1.24. The van der Waals surface area contributed by atoms with Crippen LogP contribution in [0.1, 0.15) is 15.9 Å². The van der Waals surface area contributed by atoms with Crippen molar-refractivity contribution in [3.05, 3.63) is 94.0 Å². The summed E-state index contributed by atoms with van der Waals surface area (Å²) in [5, 5.41) is 1.85. The molecule has 2 aromatic heterocycles. The van der Waals surface area contributed by atoms with Crippen LogP contribution in [0.5, 0.6) is 5.75 Å². The maximum atomic E-state index is 12.9. The molecule has 4 aromatic rings. The molecule has 0 unspecified atom stereocenters. The lowest BCUT2D eigenvalue weighted by atomic mass is 10.0. The molecule has 0 atom stereocenters. The van der Waals surface area contributed by atoms with Gasteiger partial charge in [-0.3, -0.25) is 4.79 Å². The molecule has 4 rings (SSSR count). The van der Waals surface area contributed by atoms with Gasteiger partial charge in [0.05, 0.1) is 11.1 Å². The highest BCUT2D eigenvalue weighted by Gasteiger charge is 2.40. The number of aromatic nitrogens is 1. The molecule has 8 heteroatoms. The van der Waals surface area contributed by atoms with E-state index in [1.54, 1.807) is 6.20 Å². The number of ether oxygens (including phenoxy) is 1. The number of pyridine rings is 1. The Morgan fingerprint density at radius 2 is 1.78 bits per heavy atom. The van der Waals surface area contributed by atoms with Crippen molar-refractivity contribution in [3.63, 3.8) is 0 Å². The van der Waals surface area contributed by atoms with E-state index in [2.05, 4.69) is 20.9 Å². The van der Waals surface area contributed by atoms with Crippen LogP contribution in [0, 0.1) is 0 Å². The molecule has 2 heterocycles. The maximum absolute atomic E-state index is 12.9. The third kappa shape index (κ3) is 4.92. The number of hydrogen-bond donors (Lipinski definition) is 0. The number of Topliss-reactive ketones (excluding diaryl/α,β-unsaturated/α-hetero) is 1. The molecule has 0 amide bonds. The largest absolute Gasteiger partial charge is 0.488 e. The summed E-state index contributed by atoms with van der Waals surface area (Å²) in [6.07, 6.45) is -2.31. The van der Waals surface area contributed by atoms with Gasteiger partial charge in [0.15, 0.2) is 12.4 Å². The first-order chi connectivity index (χ1) is 15.3. The zero-order valence-electron chi connectivity index (χ0n) is 16.4. The Balaban J connectivity index is 1.71. The van der Waals surface area contributed by atoms with Crippen molar-refractivity contribution in [1.29, 1.82) is 0 Å². The summed E-state index contributed by atoms with van der Waals surface area (Å²) >= 11 is 4.85. The molecular weight excluding hydrogens is 503 g/mol. The first-order valence-corrected chi connectivity index (χ1v) is 11.2. The van der Waals surface area contributed by atoms with Crippen LogP contribution in [0.2, 0.25) is 0 Å². The molecule has 0 aliphatic rings. The molecule has 0 saturated carbocycles. The number of hydrogen-bond acceptors (Lipinski definition) is 3. The molecule has 0 bridgehead atoms. The van der Waals surface area contributed by atoms with Crippen LogP contribution in [0.15, 0.2) is 82.9 Å². The Morgan fingerprint density at radius 3 is 2.53 bits per heavy atom. The number of halogens is 4. The second-order valence-electron chi connectivity index (χ2n) is 6.92. The molecule has 0 fully saturated rings. The smallest absolute Gasteiger partial charge is 0.455 e. The van der Waals surface area contributed by atoms with E-state index in [1.165, 1.54) is 17.4 Å². The number of carbonyl (C=O) groups is 1. The zero-order chi connectivity index (χ0) is 22.7. The average Bonchev–Trinajstić information content (AvgIpc) is 3.28. The van der Waals surface area contributed by atoms with Crippen LogP contribution < -0.4 is 9.72 Å². The Kier molecular flexibility index (Phi) is 6.43. The number of nitrogens with one attached hydrogen (secondary N) is 1. The lowest BCUT2D eigenvalue weighted by molar-refractivity contribution is -0.377. The molecule has 162 valence electrons. The van der Waals surface area contributed by atoms with Crippen molar-refractivity contribution < 1.29 is 27.7 Å². The minimum absolute atomic E-state index is 0.373. The fraction of sp³-hybridized carbons (Fsp3) is 0.0833. The summed E-state index contributed by atoms with van der Waals surface area (Å²) in [7, 11) is 0. The van der Waals surface area contributed by atoms with Crippen molar-refractivity contribution in [2.75, 3.05) is 0 Å². The van der Waals surface area contributed by atoms with E-state index >= 15 is 0 Å². The van der Waals surface area contributed by atoms with Crippen LogP contribution in [-0.4, -0.2) is 12.0 Å². The Labute approximate surface area is 194 Å². The molecule has 0 saturated heterocycles. The van der Waals surface area contributed by atoms with Gasteiger partial charge >= 0.3 is 6.18 Å². The number of aromatic amines is 1. The van der Waals surface area contributed by atoms with E-state index in [1.807, 2.05) is 60.0 Å². The molecule has 0 radical (unpaired) electrons. The van der Waals surface area contributed by atoms with Crippen molar-refractivity contribution >= 4 is 33.0 Å². The van der Waals surface area contributed by atoms with Crippen LogP contribution in [0.25, 0.3) is 21.6 Å². The van der Waals surface area contributed by atoms with Gasteiger partial charge in [0.2, 0.25) is 0 Å². The average molecular weight is 519 g/mol. The van der Waals surface area contributed by atoms with Gasteiger partial charge in [0.1, 0.15) is 12.4 Å². The minimum atomic E-state index is -4.94. The maximum Gasteiger partial charge on any atom is 0.455 e. The first-order valence-electron chi connectivity index (χ1n) is 9.50. The van der Waals surface area contributed by atoms with Crippen molar-refractivity contribution in [2.24, 2.45) is 0 Å². The highest BCUT2D eigenvalue weighted by atomic mass is 79.9. The van der Waals surface area contributed by atoms with E-state index in [9.17, 15) is 18.0 Å². The lowest BCUT2D eigenvalue weighted by Crippen LogP contribution is -2.24. The van der Waals surface area contributed by atoms with E-state index in [-0.39, 0.29) is 0 Å². The summed E-state index contributed by atoms with van der Waals surface area (Å²) in [5.41, 5.74) is 2.64. The molecule has 3 nitrogen and oxygen atoms in total. The lowest BCUT2D eigenvalue weighted by Gasteiger charge is -2.13. The normalized spacial score (nSPS) is 11.4. The predicted octanol–water partition coefficient (Wildman–Crippen LogP) is 6.98. The number of carbonyl (C=O) groups excluding carboxylic acids is 1. The monoisotopic (exact) mass is 518 g/mol. The molecule has 0 spiro atoms. The van der Waals surface area contributed by atoms with Crippen molar-refractivity contribution in [1.82, 2.24) is 0 Å². The van der Waals surface area contributed by atoms with Gasteiger partial charge in [-0.05, 0) is 41.3 Å².